The highest BCUT2D eigenvalue weighted by atomic mass is 32.1. The Hall–Kier alpha value is -1.93. The molecular weight excluding hydrogens is 376 g/mol. The highest BCUT2D eigenvalue weighted by molar-refractivity contribution is 7.12. The Morgan fingerprint density at radius 3 is 2.82 bits per heavy atom. The number of hydrogen-bond donors (Lipinski definition) is 2. The van der Waals surface area contributed by atoms with Gasteiger partial charge in [-0.15, -0.1) is 11.3 Å². The van der Waals surface area contributed by atoms with E-state index in [2.05, 4.69) is 15.5 Å². The molecule has 3 saturated heterocycles. The van der Waals surface area contributed by atoms with Crippen LogP contribution in [0.1, 0.15) is 48.2 Å². The summed E-state index contributed by atoms with van der Waals surface area (Å²) in [5.74, 6) is 0.193. The van der Waals surface area contributed by atoms with Gasteiger partial charge in [0.25, 0.3) is 5.91 Å². The lowest BCUT2D eigenvalue weighted by Gasteiger charge is -2.37. The van der Waals surface area contributed by atoms with Crippen molar-refractivity contribution in [3.63, 3.8) is 0 Å². The molecular formula is C20H28N4O3S. The number of piperidine rings is 1. The van der Waals surface area contributed by atoms with Crippen molar-refractivity contribution in [3.8, 4) is 0 Å². The molecule has 3 fully saturated rings. The van der Waals surface area contributed by atoms with Gasteiger partial charge in [0.1, 0.15) is 0 Å². The molecule has 1 aromatic heterocycles. The van der Waals surface area contributed by atoms with Gasteiger partial charge in [-0.25, -0.2) is 0 Å². The second-order valence-corrected chi connectivity index (χ2v) is 8.92. The molecule has 8 heteroatoms. The first kappa shape index (κ1) is 19.4. The van der Waals surface area contributed by atoms with Crippen LogP contribution in [0, 0.1) is 0 Å². The first-order valence-electron chi connectivity index (χ1n) is 10.3. The number of nitrogens with zero attached hydrogens (tertiary/aromatic N) is 2. The number of thiophene rings is 1. The lowest BCUT2D eigenvalue weighted by molar-refractivity contribution is -0.133. The van der Waals surface area contributed by atoms with Crippen LogP contribution < -0.4 is 10.6 Å². The van der Waals surface area contributed by atoms with E-state index in [1.165, 1.54) is 17.8 Å². The normalized spacial score (nSPS) is 27.9. The van der Waals surface area contributed by atoms with Crippen molar-refractivity contribution in [2.45, 2.75) is 56.7 Å². The Bertz CT molecular complexity index is 717. The van der Waals surface area contributed by atoms with Crippen LogP contribution in [-0.4, -0.2) is 71.8 Å². The molecule has 0 radical (unpaired) electrons. The third-order valence-corrected chi connectivity index (χ3v) is 6.97. The van der Waals surface area contributed by atoms with Gasteiger partial charge < -0.3 is 15.5 Å². The molecule has 1 aromatic rings. The van der Waals surface area contributed by atoms with Crippen molar-refractivity contribution in [2.24, 2.45) is 0 Å². The SMILES string of the molecule is O=C(NC1CC2C(=O)NCC(CCC(=O)N3CCCCC3)N2C1)c1cccs1. The van der Waals surface area contributed by atoms with E-state index in [0.29, 0.717) is 30.8 Å². The Kier molecular flexibility index (Phi) is 5.96. The van der Waals surface area contributed by atoms with E-state index < -0.39 is 0 Å². The summed E-state index contributed by atoms with van der Waals surface area (Å²) in [5.41, 5.74) is 0. The quantitative estimate of drug-likeness (QED) is 0.773. The predicted molar refractivity (Wildman–Crippen MR) is 107 cm³/mol. The number of rotatable bonds is 5. The van der Waals surface area contributed by atoms with E-state index in [-0.39, 0.29) is 35.8 Å². The van der Waals surface area contributed by atoms with Crippen LogP contribution in [-0.2, 0) is 9.59 Å². The van der Waals surface area contributed by atoms with Crippen molar-refractivity contribution in [1.29, 1.82) is 0 Å². The number of carbonyl (C=O) groups excluding carboxylic acids is 3. The number of nitrogens with one attached hydrogen (secondary N) is 2. The molecule has 0 aliphatic carbocycles. The van der Waals surface area contributed by atoms with Gasteiger partial charge in [0, 0.05) is 44.7 Å². The smallest absolute Gasteiger partial charge is 0.261 e. The topological polar surface area (TPSA) is 81.8 Å². The zero-order valence-corrected chi connectivity index (χ0v) is 16.9. The standard InChI is InChI=1S/C20H28N4O3S/c25-18(23-8-2-1-3-9-23)7-6-15-12-21-19(26)16-11-14(13-24(15)16)22-20(27)17-5-4-10-28-17/h4-5,10,14-16H,1-3,6-9,11-13H2,(H,21,26)(H,22,27). The molecule has 0 aromatic carbocycles. The van der Waals surface area contributed by atoms with Crippen molar-refractivity contribution in [3.05, 3.63) is 22.4 Å². The summed E-state index contributed by atoms with van der Waals surface area (Å²) in [4.78, 5) is 42.1. The lowest BCUT2D eigenvalue weighted by Crippen LogP contribution is -2.58. The maximum Gasteiger partial charge on any atom is 0.261 e. The van der Waals surface area contributed by atoms with Gasteiger partial charge in [-0.1, -0.05) is 6.07 Å². The summed E-state index contributed by atoms with van der Waals surface area (Å²) in [5, 5.41) is 7.95. The summed E-state index contributed by atoms with van der Waals surface area (Å²) in [7, 11) is 0. The fourth-order valence-corrected chi connectivity index (χ4v) is 5.23. The molecule has 2 N–H and O–H groups in total. The van der Waals surface area contributed by atoms with Gasteiger partial charge >= 0.3 is 0 Å². The molecule has 3 atom stereocenters. The van der Waals surface area contributed by atoms with Crippen LogP contribution in [0.3, 0.4) is 0 Å². The van der Waals surface area contributed by atoms with E-state index in [1.54, 1.807) is 0 Å². The molecule has 3 aliphatic heterocycles. The van der Waals surface area contributed by atoms with Crippen LogP contribution in [0.5, 0.6) is 0 Å². The first-order chi connectivity index (χ1) is 13.6. The molecule has 7 nitrogen and oxygen atoms in total. The number of carbonyl (C=O) groups is 3. The minimum Gasteiger partial charge on any atom is -0.353 e. The fraction of sp³-hybridized carbons (Fsp3) is 0.650. The summed E-state index contributed by atoms with van der Waals surface area (Å²) >= 11 is 1.42. The van der Waals surface area contributed by atoms with E-state index in [4.69, 9.17) is 0 Å². The first-order valence-corrected chi connectivity index (χ1v) is 11.2. The highest BCUT2D eigenvalue weighted by Crippen LogP contribution is 2.26. The molecule has 0 bridgehead atoms. The Morgan fingerprint density at radius 2 is 2.07 bits per heavy atom. The Morgan fingerprint density at radius 1 is 1.25 bits per heavy atom. The summed E-state index contributed by atoms with van der Waals surface area (Å²) in [6.07, 6.45) is 5.32. The number of hydrogen-bond acceptors (Lipinski definition) is 5. The highest BCUT2D eigenvalue weighted by Gasteiger charge is 2.43. The summed E-state index contributed by atoms with van der Waals surface area (Å²) in [6, 6.07) is 3.57. The van der Waals surface area contributed by atoms with Crippen molar-refractivity contribution in [2.75, 3.05) is 26.2 Å². The number of amides is 3. The van der Waals surface area contributed by atoms with Crippen LogP contribution >= 0.6 is 11.3 Å². The van der Waals surface area contributed by atoms with Crippen LogP contribution in [0.4, 0.5) is 0 Å². The van der Waals surface area contributed by atoms with E-state index in [0.717, 1.165) is 32.4 Å². The average molecular weight is 405 g/mol. The summed E-state index contributed by atoms with van der Waals surface area (Å²) in [6.45, 7) is 3.00. The largest absolute Gasteiger partial charge is 0.353 e. The van der Waals surface area contributed by atoms with Gasteiger partial charge in [0.15, 0.2) is 0 Å². The number of fused-ring (bicyclic) bond motifs is 1. The molecule has 4 rings (SSSR count). The van der Waals surface area contributed by atoms with Gasteiger partial charge in [-0.2, -0.15) is 0 Å². The monoisotopic (exact) mass is 404 g/mol. The number of likely N-dealkylation sites (tertiary alicyclic amines) is 1. The fourth-order valence-electron chi connectivity index (χ4n) is 4.60. The molecule has 28 heavy (non-hydrogen) atoms. The number of piperazine rings is 1. The van der Waals surface area contributed by atoms with Gasteiger partial charge in [-0.05, 0) is 43.6 Å². The van der Waals surface area contributed by atoms with Crippen LogP contribution in [0.25, 0.3) is 0 Å². The molecule has 3 amide bonds. The lowest BCUT2D eigenvalue weighted by atomic mass is 10.0. The second-order valence-electron chi connectivity index (χ2n) is 7.98. The Balaban J connectivity index is 1.33. The molecule has 0 spiro atoms. The van der Waals surface area contributed by atoms with Crippen molar-refractivity contribution < 1.29 is 14.4 Å². The molecule has 3 aliphatic rings. The van der Waals surface area contributed by atoms with E-state index in [9.17, 15) is 14.4 Å². The van der Waals surface area contributed by atoms with E-state index >= 15 is 0 Å². The van der Waals surface area contributed by atoms with Gasteiger partial charge in [0.2, 0.25) is 11.8 Å². The van der Waals surface area contributed by atoms with Crippen molar-refractivity contribution >= 4 is 29.1 Å². The maximum absolute atomic E-state index is 12.5. The molecule has 4 heterocycles. The van der Waals surface area contributed by atoms with Crippen molar-refractivity contribution in [1.82, 2.24) is 20.4 Å². The van der Waals surface area contributed by atoms with Gasteiger partial charge in [-0.3, -0.25) is 19.3 Å². The average Bonchev–Trinajstić information content (AvgIpc) is 3.38. The molecule has 152 valence electrons. The molecule has 0 saturated carbocycles. The van der Waals surface area contributed by atoms with Gasteiger partial charge in [0.05, 0.1) is 10.9 Å². The summed E-state index contributed by atoms with van der Waals surface area (Å²) < 4.78 is 0. The third-order valence-electron chi connectivity index (χ3n) is 6.10. The minimum absolute atomic E-state index is 0.0338. The zero-order chi connectivity index (χ0) is 19.5. The Labute approximate surface area is 169 Å². The maximum atomic E-state index is 12.5. The second kappa shape index (κ2) is 8.61. The minimum atomic E-state index is -0.211. The van der Waals surface area contributed by atoms with Crippen LogP contribution in [0.2, 0.25) is 0 Å². The van der Waals surface area contributed by atoms with E-state index in [1.807, 2.05) is 22.4 Å². The predicted octanol–water partition coefficient (Wildman–Crippen LogP) is 1.21. The zero-order valence-electron chi connectivity index (χ0n) is 16.1. The third kappa shape index (κ3) is 4.22. The molecule has 3 unspecified atom stereocenters. The van der Waals surface area contributed by atoms with Crippen LogP contribution in [0.15, 0.2) is 17.5 Å².